The molecule has 0 N–H and O–H groups in total. The van der Waals surface area contributed by atoms with Crippen LogP contribution in [0.4, 0.5) is 0 Å². The average molecular weight is 747 g/mol. The van der Waals surface area contributed by atoms with Gasteiger partial charge in [-0.2, -0.15) is 0 Å². The molecule has 1 atom stereocenters. The predicted octanol–water partition coefficient (Wildman–Crippen LogP) is 14.4. The third-order valence-electron chi connectivity index (χ3n) is 9.93. The number of ether oxygens (including phenoxy) is 3. The Morgan fingerprint density at radius 1 is 0.358 bits per heavy atom. The van der Waals surface area contributed by atoms with Gasteiger partial charge in [-0.3, -0.25) is 14.4 Å². The zero-order chi connectivity index (χ0) is 38.7. The molecule has 0 aromatic heterocycles. The summed E-state index contributed by atoms with van der Waals surface area (Å²) in [5.41, 5.74) is 0. The van der Waals surface area contributed by atoms with Crippen LogP contribution in [0.3, 0.4) is 0 Å². The molecule has 0 saturated carbocycles. The number of hydrogen-bond donors (Lipinski definition) is 0. The second-order valence-corrected chi connectivity index (χ2v) is 15.3. The van der Waals surface area contributed by atoms with Gasteiger partial charge in [0.2, 0.25) is 0 Å². The highest BCUT2D eigenvalue weighted by molar-refractivity contribution is 5.71. The van der Waals surface area contributed by atoms with E-state index in [0.29, 0.717) is 19.3 Å². The summed E-state index contributed by atoms with van der Waals surface area (Å²) in [5, 5.41) is 0. The van der Waals surface area contributed by atoms with Gasteiger partial charge in [-0.05, 0) is 70.6 Å². The summed E-state index contributed by atoms with van der Waals surface area (Å²) in [6.07, 6.45) is 45.8. The molecule has 6 nitrogen and oxygen atoms in total. The lowest BCUT2D eigenvalue weighted by Gasteiger charge is -2.18. The van der Waals surface area contributed by atoms with Crippen molar-refractivity contribution in [2.45, 2.75) is 245 Å². The van der Waals surface area contributed by atoms with E-state index in [4.69, 9.17) is 14.2 Å². The zero-order valence-electron chi connectivity index (χ0n) is 35.3. The monoisotopic (exact) mass is 747 g/mol. The topological polar surface area (TPSA) is 78.9 Å². The fourth-order valence-corrected chi connectivity index (χ4v) is 6.43. The third-order valence-corrected chi connectivity index (χ3v) is 9.93. The Balaban J connectivity index is 4.38. The zero-order valence-corrected chi connectivity index (χ0v) is 35.3. The number of allylic oxidation sites excluding steroid dienone is 4. The first-order chi connectivity index (χ1) is 26.0. The molecular formula is C47H86O6. The molecule has 0 aromatic rings. The molecule has 0 aliphatic rings. The van der Waals surface area contributed by atoms with Gasteiger partial charge in [0.05, 0.1) is 0 Å². The highest BCUT2D eigenvalue weighted by atomic mass is 16.6. The number of esters is 3. The normalized spacial score (nSPS) is 12.1. The molecule has 0 unspecified atom stereocenters. The molecule has 6 heteroatoms. The van der Waals surface area contributed by atoms with E-state index in [0.717, 1.165) is 70.6 Å². The van der Waals surface area contributed by atoms with Gasteiger partial charge in [-0.15, -0.1) is 0 Å². The molecule has 0 fully saturated rings. The molecule has 0 aromatic carbocycles. The second-order valence-electron chi connectivity index (χ2n) is 15.3. The van der Waals surface area contributed by atoms with Crippen molar-refractivity contribution in [3.63, 3.8) is 0 Å². The number of rotatable bonds is 41. The summed E-state index contributed by atoms with van der Waals surface area (Å²) in [6, 6.07) is 0. The molecule has 0 saturated heterocycles. The van der Waals surface area contributed by atoms with Crippen molar-refractivity contribution in [3.05, 3.63) is 24.3 Å². The van der Waals surface area contributed by atoms with Crippen LogP contribution in [0.25, 0.3) is 0 Å². The van der Waals surface area contributed by atoms with Crippen LogP contribution in [-0.2, 0) is 28.6 Å². The largest absolute Gasteiger partial charge is 0.462 e. The molecule has 0 aliphatic heterocycles. The highest BCUT2D eigenvalue weighted by Gasteiger charge is 2.19. The van der Waals surface area contributed by atoms with E-state index < -0.39 is 6.10 Å². The highest BCUT2D eigenvalue weighted by Crippen LogP contribution is 2.14. The fourth-order valence-electron chi connectivity index (χ4n) is 6.43. The standard InChI is InChI=1S/C47H86O6/c1-4-7-10-13-16-19-22-25-28-31-34-37-40-46(49)52-43-44(42-51-45(48)39-36-33-30-27-24-21-18-15-12-9-6-3)53-47(50)41-38-35-32-29-26-23-20-17-14-11-8-5-2/h16-17,19-20,44H,4-15,18,21-43H2,1-3H3/b19-16-,20-17-/t44-/m1/s1. The molecular weight excluding hydrogens is 661 g/mol. The Kier molecular flexibility index (Phi) is 40.9. The van der Waals surface area contributed by atoms with Crippen molar-refractivity contribution < 1.29 is 28.6 Å². The van der Waals surface area contributed by atoms with Crippen molar-refractivity contribution >= 4 is 17.9 Å². The Morgan fingerprint density at radius 3 is 0.981 bits per heavy atom. The Morgan fingerprint density at radius 2 is 0.623 bits per heavy atom. The first-order valence-corrected chi connectivity index (χ1v) is 22.8. The van der Waals surface area contributed by atoms with E-state index in [2.05, 4.69) is 45.1 Å². The summed E-state index contributed by atoms with van der Waals surface area (Å²) >= 11 is 0. The third kappa shape index (κ3) is 40.9. The van der Waals surface area contributed by atoms with Crippen LogP contribution in [0.2, 0.25) is 0 Å². The van der Waals surface area contributed by atoms with Crippen LogP contribution in [0.5, 0.6) is 0 Å². The average Bonchev–Trinajstić information content (AvgIpc) is 3.15. The van der Waals surface area contributed by atoms with Gasteiger partial charge in [0.25, 0.3) is 0 Å². The van der Waals surface area contributed by atoms with Gasteiger partial charge >= 0.3 is 17.9 Å². The first kappa shape index (κ1) is 50.9. The molecule has 0 spiro atoms. The molecule has 53 heavy (non-hydrogen) atoms. The number of unbranched alkanes of at least 4 members (excludes halogenated alkanes) is 26. The van der Waals surface area contributed by atoms with Crippen molar-refractivity contribution in [2.75, 3.05) is 13.2 Å². The van der Waals surface area contributed by atoms with E-state index in [1.165, 1.54) is 128 Å². The minimum atomic E-state index is -0.771. The van der Waals surface area contributed by atoms with Gasteiger partial charge in [-0.1, -0.05) is 173 Å². The minimum absolute atomic E-state index is 0.0745. The summed E-state index contributed by atoms with van der Waals surface area (Å²) in [5.74, 6) is -0.890. The molecule has 0 radical (unpaired) electrons. The van der Waals surface area contributed by atoms with Crippen molar-refractivity contribution in [1.82, 2.24) is 0 Å². The maximum atomic E-state index is 12.7. The maximum Gasteiger partial charge on any atom is 0.306 e. The lowest BCUT2D eigenvalue weighted by atomic mass is 10.1. The van der Waals surface area contributed by atoms with Crippen LogP contribution in [0.1, 0.15) is 239 Å². The maximum absolute atomic E-state index is 12.7. The summed E-state index contributed by atoms with van der Waals surface area (Å²) < 4.78 is 16.7. The van der Waals surface area contributed by atoms with Crippen molar-refractivity contribution in [2.24, 2.45) is 0 Å². The lowest BCUT2D eigenvalue weighted by Crippen LogP contribution is -2.30. The quantitative estimate of drug-likeness (QED) is 0.0268. The van der Waals surface area contributed by atoms with Crippen molar-refractivity contribution in [1.29, 1.82) is 0 Å². The Hall–Kier alpha value is -2.11. The molecule has 0 rings (SSSR count). The van der Waals surface area contributed by atoms with E-state index in [1.54, 1.807) is 0 Å². The van der Waals surface area contributed by atoms with E-state index in [-0.39, 0.29) is 31.1 Å². The van der Waals surface area contributed by atoms with E-state index in [1.807, 2.05) is 0 Å². The SMILES string of the molecule is CCCCC/C=C\CCCCCCCC(=O)OC[C@@H](COC(=O)CCCCCCCCCCCCC)OC(=O)CCCCCCC/C=C\CCCCC. The fraction of sp³-hybridized carbons (Fsp3) is 0.851. The van der Waals surface area contributed by atoms with Gasteiger partial charge in [0.15, 0.2) is 6.10 Å². The summed E-state index contributed by atoms with van der Waals surface area (Å²) in [6.45, 7) is 6.57. The van der Waals surface area contributed by atoms with Crippen LogP contribution in [-0.4, -0.2) is 37.2 Å². The van der Waals surface area contributed by atoms with Gasteiger partial charge < -0.3 is 14.2 Å². The van der Waals surface area contributed by atoms with Gasteiger partial charge in [0, 0.05) is 19.3 Å². The minimum Gasteiger partial charge on any atom is -0.462 e. The van der Waals surface area contributed by atoms with E-state index >= 15 is 0 Å². The van der Waals surface area contributed by atoms with Crippen molar-refractivity contribution in [3.8, 4) is 0 Å². The van der Waals surface area contributed by atoms with Crippen LogP contribution >= 0.6 is 0 Å². The number of hydrogen-bond acceptors (Lipinski definition) is 6. The molecule has 310 valence electrons. The second kappa shape index (κ2) is 42.6. The molecule has 0 aliphatic carbocycles. The van der Waals surface area contributed by atoms with E-state index in [9.17, 15) is 14.4 Å². The molecule has 0 amide bonds. The molecule has 0 bridgehead atoms. The Bertz CT molecular complexity index is 865. The predicted molar refractivity (Wildman–Crippen MR) is 224 cm³/mol. The van der Waals surface area contributed by atoms with Crippen LogP contribution in [0, 0.1) is 0 Å². The lowest BCUT2D eigenvalue weighted by molar-refractivity contribution is -0.167. The van der Waals surface area contributed by atoms with Crippen LogP contribution < -0.4 is 0 Å². The smallest absolute Gasteiger partial charge is 0.306 e. The van der Waals surface area contributed by atoms with Crippen LogP contribution in [0.15, 0.2) is 24.3 Å². The number of carbonyl (C=O) groups is 3. The summed E-state index contributed by atoms with van der Waals surface area (Å²) in [7, 11) is 0. The molecule has 0 heterocycles. The van der Waals surface area contributed by atoms with Gasteiger partial charge in [-0.25, -0.2) is 0 Å². The Labute approximate surface area is 328 Å². The van der Waals surface area contributed by atoms with Gasteiger partial charge in [0.1, 0.15) is 13.2 Å². The summed E-state index contributed by atoms with van der Waals surface area (Å²) in [4.78, 5) is 37.7. The first-order valence-electron chi connectivity index (χ1n) is 22.8. The number of carbonyl (C=O) groups excluding carboxylic acids is 3.